The summed E-state index contributed by atoms with van der Waals surface area (Å²) < 4.78 is 41.1. The van der Waals surface area contributed by atoms with Gasteiger partial charge in [-0.3, -0.25) is 4.28 Å². The van der Waals surface area contributed by atoms with E-state index in [0.717, 1.165) is 17.3 Å². The summed E-state index contributed by atoms with van der Waals surface area (Å²) in [7, 11) is -4.99. The second kappa shape index (κ2) is 11.4. The fourth-order valence-corrected chi connectivity index (χ4v) is 3.48. The van der Waals surface area contributed by atoms with Crippen LogP contribution in [0.1, 0.15) is 5.56 Å². The molecule has 2 rings (SSSR count). The summed E-state index contributed by atoms with van der Waals surface area (Å²) >= 11 is 1.02. The molecule has 1 aliphatic heterocycles. The van der Waals surface area contributed by atoms with Crippen molar-refractivity contribution in [2.24, 2.45) is 5.16 Å². The van der Waals surface area contributed by atoms with Gasteiger partial charge in [-0.05, 0) is 5.56 Å². The smallest absolute Gasteiger partial charge is 0.714 e. The maximum atomic E-state index is 10.6. The van der Waals surface area contributed by atoms with Crippen molar-refractivity contribution in [3.8, 4) is 0 Å². The molecule has 0 radical (unpaired) electrons. The molecule has 1 heterocycles. The minimum atomic E-state index is -4.99. The topological polar surface area (TPSA) is 149 Å². The zero-order valence-electron chi connectivity index (χ0n) is 14.0. The first kappa shape index (κ1) is 24.5. The van der Waals surface area contributed by atoms with Gasteiger partial charge in [0, 0.05) is 12.2 Å². The van der Waals surface area contributed by atoms with Crippen LogP contribution >= 0.6 is 11.8 Å². The Hall–Kier alpha value is 0.426. The average Bonchev–Trinajstić information content (AvgIpc) is 2.85. The molecule has 4 atom stereocenters. The number of thioether (sulfide) groups is 1. The molecule has 0 spiro atoms. The van der Waals surface area contributed by atoms with Crippen LogP contribution in [-0.2, 0) is 25.8 Å². The maximum Gasteiger partial charge on any atom is 1.00 e. The molecule has 9 nitrogen and oxygen atoms in total. The number of hydrogen-bond acceptors (Lipinski definition) is 10. The van der Waals surface area contributed by atoms with Crippen LogP contribution in [0.3, 0.4) is 0 Å². The number of benzene rings is 1. The fourth-order valence-electron chi connectivity index (χ4n) is 2.26. The first-order chi connectivity index (χ1) is 11.8. The number of ether oxygens (including phenoxy) is 1. The van der Waals surface area contributed by atoms with Gasteiger partial charge in [0.2, 0.25) is 0 Å². The van der Waals surface area contributed by atoms with E-state index in [1.54, 1.807) is 24.3 Å². The quantitative estimate of drug-likeness (QED) is 0.0988. The molecule has 0 bridgehead atoms. The summed E-state index contributed by atoms with van der Waals surface area (Å²) in [6.45, 7) is -0.443. The van der Waals surface area contributed by atoms with Crippen molar-refractivity contribution < 1.29 is 88.7 Å². The third-order valence-electron chi connectivity index (χ3n) is 3.48. The van der Waals surface area contributed by atoms with Gasteiger partial charge in [0.1, 0.15) is 23.4 Å². The van der Waals surface area contributed by atoms with Crippen molar-refractivity contribution in [2.75, 3.05) is 12.4 Å². The molecule has 0 aromatic heterocycles. The number of oxime groups is 1. The van der Waals surface area contributed by atoms with Gasteiger partial charge < -0.3 is 24.6 Å². The molecule has 1 fully saturated rings. The van der Waals surface area contributed by atoms with E-state index < -0.39 is 41.4 Å². The largest absolute Gasteiger partial charge is 1.00 e. The Morgan fingerprint density at radius 1 is 1.23 bits per heavy atom. The minimum Gasteiger partial charge on any atom is -0.714 e. The summed E-state index contributed by atoms with van der Waals surface area (Å²) in [6, 6.07) is 8.96. The Morgan fingerprint density at radius 3 is 2.38 bits per heavy atom. The maximum absolute atomic E-state index is 10.6. The van der Waals surface area contributed by atoms with Crippen molar-refractivity contribution in [3.05, 3.63) is 35.9 Å². The zero-order valence-corrected chi connectivity index (χ0v) is 18.7. The van der Waals surface area contributed by atoms with Crippen LogP contribution in [0.4, 0.5) is 0 Å². The third-order valence-corrected chi connectivity index (χ3v) is 4.79. The predicted octanol–water partition coefficient (Wildman–Crippen LogP) is -3.76. The van der Waals surface area contributed by atoms with E-state index >= 15 is 0 Å². The Bertz CT molecular complexity index is 687. The van der Waals surface area contributed by atoms with E-state index in [-0.39, 0.29) is 68.6 Å². The molecular formula is C14H18KNO8S2. The normalized spacial score (nSPS) is 26.4. The Morgan fingerprint density at radius 2 is 1.85 bits per heavy atom. The molecule has 0 amide bonds. The summed E-state index contributed by atoms with van der Waals surface area (Å²) in [6.07, 6.45) is -3.90. The van der Waals surface area contributed by atoms with Gasteiger partial charge in [-0.15, -0.1) is 11.8 Å². The van der Waals surface area contributed by atoms with E-state index in [4.69, 9.17) is 9.84 Å². The van der Waals surface area contributed by atoms with Crippen molar-refractivity contribution in [1.82, 2.24) is 0 Å². The number of nitrogens with zero attached hydrogens (tertiary/aromatic N) is 1. The molecule has 0 aliphatic carbocycles. The van der Waals surface area contributed by atoms with Crippen LogP contribution in [0.5, 0.6) is 0 Å². The SMILES string of the molecule is O=S(=O)([O-])O/N=C(/Cc1ccccc1)SC[C@H]1O[C@H](CO)[C@@H](O)[C@@H]1O.[K+]. The summed E-state index contributed by atoms with van der Waals surface area (Å²) in [4.78, 5) is 0. The first-order valence-electron chi connectivity index (χ1n) is 7.30. The molecule has 1 aromatic carbocycles. The van der Waals surface area contributed by atoms with Gasteiger partial charge in [0.25, 0.3) is 10.4 Å². The second-order valence-electron chi connectivity index (χ2n) is 5.32. The van der Waals surface area contributed by atoms with Crippen LogP contribution < -0.4 is 51.4 Å². The summed E-state index contributed by atoms with van der Waals surface area (Å²) in [5.41, 5.74) is 0.807. The molecule has 0 unspecified atom stereocenters. The number of aliphatic hydroxyl groups is 3. The van der Waals surface area contributed by atoms with Crippen LogP contribution in [0, 0.1) is 0 Å². The van der Waals surface area contributed by atoms with Gasteiger partial charge in [-0.25, -0.2) is 0 Å². The monoisotopic (exact) mass is 431 g/mol. The van der Waals surface area contributed by atoms with Gasteiger partial charge in [0.15, 0.2) is 0 Å². The molecule has 12 heteroatoms. The zero-order chi connectivity index (χ0) is 18.4. The summed E-state index contributed by atoms with van der Waals surface area (Å²) in [5, 5.41) is 32.2. The van der Waals surface area contributed by atoms with Gasteiger partial charge >= 0.3 is 51.4 Å². The third kappa shape index (κ3) is 7.81. The minimum absolute atomic E-state index is 0. The number of rotatable bonds is 7. The Kier molecular flexibility index (Phi) is 10.8. The van der Waals surface area contributed by atoms with E-state index in [0.29, 0.717) is 0 Å². The second-order valence-corrected chi connectivity index (χ2v) is 7.38. The molecule has 26 heavy (non-hydrogen) atoms. The van der Waals surface area contributed by atoms with Crippen LogP contribution in [0.2, 0.25) is 0 Å². The molecular weight excluding hydrogens is 413 g/mol. The molecule has 1 aromatic rings. The van der Waals surface area contributed by atoms with E-state index in [1.807, 2.05) is 6.07 Å². The Labute approximate surface area is 198 Å². The van der Waals surface area contributed by atoms with Crippen molar-refractivity contribution in [3.63, 3.8) is 0 Å². The predicted molar refractivity (Wildman–Crippen MR) is 88.6 cm³/mol. The van der Waals surface area contributed by atoms with Crippen LogP contribution in [0.15, 0.2) is 35.5 Å². The van der Waals surface area contributed by atoms with E-state index in [9.17, 15) is 23.2 Å². The van der Waals surface area contributed by atoms with Crippen molar-refractivity contribution in [1.29, 1.82) is 0 Å². The molecule has 1 saturated heterocycles. The van der Waals surface area contributed by atoms with Gasteiger partial charge in [-0.1, -0.05) is 35.5 Å². The van der Waals surface area contributed by atoms with E-state index in [1.165, 1.54) is 0 Å². The van der Waals surface area contributed by atoms with Gasteiger partial charge in [-0.2, -0.15) is 8.42 Å². The van der Waals surface area contributed by atoms with Crippen LogP contribution in [-0.4, -0.2) is 70.1 Å². The number of aliphatic hydroxyl groups excluding tert-OH is 3. The summed E-state index contributed by atoms with van der Waals surface area (Å²) in [5.74, 6) is 0.114. The first-order valence-corrected chi connectivity index (χ1v) is 9.62. The molecule has 0 saturated carbocycles. The van der Waals surface area contributed by atoms with Crippen molar-refractivity contribution in [2.45, 2.75) is 30.8 Å². The standard InChI is InChI=1S/C14H19NO8S2.K/c16-7-10-13(17)14(18)11(22-10)8-24-12(15-23-25(19,20)21)6-9-4-2-1-3-5-9;/h1-5,10-11,13-14,16-18H,6-8H2,(H,19,20,21);/q;+1/p-1/b15-12-;/t10-,11-,13-,14-;/m1./s1. The number of hydrogen-bond donors (Lipinski definition) is 3. The molecule has 140 valence electrons. The Balaban J connectivity index is 0.00000338. The molecule has 1 aliphatic rings. The van der Waals surface area contributed by atoms with Crippen molar-refractivity contribution >= 4 is 27.2 Å². The van der Waals surface area contributed by atoms with Gasteiger partial charge in [0.05, 0.1) is 12.7 Å². The fraction of sp³-hybridized carbons (Fsp3) is 0.500. The van der Waals surface area contributed by atoms with E-state index in [2.05, 4.69) is 9.44 Å². The molecule has 3 N–H and O–H groups in total. The van der Waals surface area contributed by atoms with Crippen LogP contribution in [0.25, 0.3) is 0 Å². The average molecular weight is 432 g/mol.